The number of hydrogen-bond donors (Lipinski definition) is 0. The third-order valence-corrected chi connectivity index (χ3v) is 7.20. The van der Waals surface area contributed by atoms with E-state index in [-0.39, 0.29) is 36.2 Å². The lowest BCUT2D eigenvalue weighted by Gasteiger charge is -2.33. The molecule has 1 atom stereocenters. The van der Waals surface area contributed by atoms with Gasteiger partial charge in [-0.3, -0.25) is 19.3 Å². The molecule has 1 aromatic carbocycles. The zero-order valence-electron chi connectivity index (χ0n) is 18.7. The number of para-hydroxylation sites is 1. The Labute approximate surface area is 192 Å². The van der Waals surface area contributed by atoms with Gasteiger partial charge < -0.3 is 9.47 Å². The Balaban J connectivity index is 1.72. The lowest BCUT2D eigenvalue weighted by molar-refractivity contribution is -0.135. The quantitative estimate of drug-likeness (QED) is 0.466. The molecule has 168 valence electrons. The van der Waals surface area contributed by atoms with E-state index in [0.717, 1.165) is 59.6 Å². The molecule has 3 amide bonds. The summed E-state index contributed by atoms with van der Waals surface area (Å²) in [6.45, 7) is 9.12. The van der Waals surface area contributed by atoms with Crippen LogP contribution in [0.15, 0.2) is 42.0 Å². The van der Waals surface area contributed by atoms with Crippen LogP contribution in [0.25, 0.3) is 17.0 Å². The number of imide groups is 1. The summed E-state index contributed by atoms with van der Waals surface area (Å²) in [6, 6.07) is 6.36. The Bertz CT molecular complexity index is 1120. The van der Waals surface area contributed by atoms with Crippen LogP contribution < -0.4 is 0 Å². The number of likely N-dealkylation sites (tertiary alicyclic amines) is 1. The van der Waals surface area contributed by atoms with Crippen molar-refractivity contribution in [3.05, 3.63) is 53.1 Å². The zero-order chi connectivity index (χ0) is 22.8. The number of carbonyl (C=O) groups excluding carboxylic acids is 3. The maximum Gasteiger partial charge on any atom is 0.293 e. The predicted molar refractivity (Wildman–Crippen MR) is 129 cm³/mol. The molecule has 0 spiro atoms. The minimum atomic E-state index is -0.300. The van der Waals surface area contributed by atoms with Crippen LogP contribution in [0.2, 0.25) is 0 Å². The van der Waals surface area contributed by atoms with Gasteiger partial charge in [-0.15, -0.1) is 6.58 Å². The smallest absolute Gasteiger partial charge is 0.293 e. The molecule has 0 aliphatic carbocycles. The first-order valence-electron chi connectivity index (χ1n) is 11.2. The summed E-state index contributed by atoms with van der Waals surface area (Å²) in [5.41, 5.74) is 3.02. The molecule has 2 fully saturated rings. The van der Waals surface area contributed by atoms with Gasteiger partial charge >= 0.3 is 0 Å². The van der Waals surface area contributed by atoms with Gasteiger partial charge in [-0.1, -0.05) is 31.2 Å². The number of aromatic nitrogens is 1. The van der Waals surface area contributed by atoms with Crippen LogP contribution in [0, 0.1) is 0 Å². The molecule has 2 saturated heterocycles. The van der Waals surface area contributed by atoms with Crippen LogP contribution in [0.4, 0.5) is 4.79 Å². The molecule has 0 bridgehead atoms. The van der Waals surface area contributed by atoms with Gasteiger partial charge in [-0.25, -0.2) is 0 Å². The van der Waals surface area contributed by atoms with Gasteiger partial charge in [-0.2, -0.15) is 0 Å². The Morgan fingerprint density at radius 1 is 1.28 bits per heavy atom. The fraction of sp³-hybridized carbons (Fsp3) is 0.400. The van der Waals surface area contributed by atoms with Crippen molar-refractivity contribution >= 4 is 45.8 Å². The van der Waals surface area contributed by atoms with E-state index in [1.165, 1.54) is 11.3 Å². The third kappa shape index (κ3) is 4.13. The van der Waals surface area contributed by atoms with E-state index in [4.69, 9.17) is 0 Å². The van der Waals surface area contributed by atoms with E-state index in [1.807, 2.05) is 27.8 Å². The van der Waals surface area contributed by atoms with Crippen molar-refractivity contribution in [1.82, 2.24) is 14.4 Å². The zero-order valence-corrected chi connectivity index (χ0v) is 19.5. The van der Waals surface area contributed by atoms with Crippen LogP contribution in [-0.4, -0.2) is 50.6 Å². The van der Waals surface area contributed by atoms with Crippen molar-refractivity contribution in [2.75, 3.05) is 13.1 Å². The summed E-state index contributed by atoms with van der Waals surface area (Å²) in [6.07, 6.45) is 9.37. The van der Waals surface area contributed by atoms with Gasteiger partial charge in [0, 0.05) is 36.3 Å². The summed E-state index contributed by atoms with van der Waals surface area (Å²) >= 11 is 0.948. The van der Waals surface area contributed by atoms with E-state index in [9.17, 15) is 14.4 Å². The first-order chi connectivity index (χ1) is 15.4. The highest BCUT2D eigenvalue weighted by atomic mass is 32.2. The molecule has 1 aromatic heterocycles. The lowest BCUT2D eigenvalue weighted by Crippen LogP contribution is -2.43. The van der Waals surface area contributed by atoms with Crippen molar-refractivity contribution in [3.63, 3.8) is 0 Å². The number of piperidine rings is 1. The van der Waals surface area contributed by atoms with Crippen LogP contribution in [-0.2, 0) is 22.6 Å². The number of thioether (sulfide) groups is 1. The van der Waals surface area contributed by atoms with Crippen molar-refractivity contribution in [1.29, 1.82) is 0 Å². The number of rotatable bonds is 6. The van der Waals surface area contributed by atoms with E-state index in [2.05, 4.69) is 26.5 Å². The van der Waals surface area contributed by atoms with Gasteiger partial charge in [0.15, 0.2) is 0 Å². The molecule has 4 rings (SSSR count). The highest BCUT2D eigenvalue weighted by molar-refractivity contribution is 8.18. The number of fused-ring (bicyclic) bond motifs is 1. The molecule has 6 nitrogen and oxygen atoms in total. The van der Waals surface area contributed by atoms with Crippen molar-refractivity contribution in [3.8, 4) is 0 Å². The molecule has 0 saturated carbocycles. The van der Waals surface area contributed by atoms with Crippen LogP contribution in [0.1, 0.15) is 44.2 Å². The number of amides is 3. The summed E-state index contributed by atoms with van der Waals surface area (Å²) in [4.78, 5) is 41.7. The summed E-state index contributed by atoms with van der Waals surface area (Å²) in [7, 11) is 0. The highest BCUT2D eigenvalue weighted by Gasteiger charge is 2.34. The minimum Gasteiger partial charge on any atom is -0.338 e. The fourth-order valence-corrected chi connectivity index (χ4v) is 5.46. The largest absolute Gasteiger partial charge is 0.338 e. The molecule has 0 radical (unpaired) electrons. The number of aryl methyl sites for hydroxylation is 1. The minimum absolute atomic E-state index is 0.123. The predicted octanol–water partition coefficient (Wildman–Crippen LogP) is 4.83. The van der Waals surface area contributed by atoms with Gasteiger partial charge in [-0.05, 0) is 56.0 Å². The number of nitrogens with zero attached hydrogens (tertiary/aromatic N) is 3. The maximum absolute atomic E-state index is 13.2. The topological polar surface area (TPSA) is 62.6 Å². The van der Waals surface area contributed by atoms with Crippen molar-refractivity contribution in [2.45, 2.75) is 52.1 Å². The monoisotopic (exact) mass is 451 g/mol. The Morgan fingerprint density at radius 3 is 2.81 bits per heavy atom. The van der Waals surface area contributed by atoms with E-state index in [1.54, 1.807) is 12.2 Å². The molecule has 2 aromatic rings. The van der Waals surface area contributed by atoms with Gasteiger partial charge in [0.1, 0.15) is 6.54 Å². The van der Waals surface area contributed by atoms with Crippen molar-refractivity contribution < 1.29 is 14.4 Å². The standard InChI is InChI=1S/C25H29N3O3S/c1-4-12-28-24(30)21(32-25(28)31)14-19-15-26(23-18(5-2)10-8-11-20(19)23)16-22(29)27-13-7-6-9-17(27)3/h4,8,10-11,14-15,17H,1,5-7,9,12-13,16H2,2-3H3/b21-14-/t17-/m0/s1. The second-order valence-electron chi connectivity index (χ2n) is 8.39. The molecule has 2 aliphatic rings. The summed E-state index contributed by atoms with van der Waals surface area (Å²) in [5, 5.41) is 0.702. The molecule has 0 N–H and O–H groups in total. The lowest BCUT2D eigenvalue weighted by atomic mass is 10.0. The number of benzene rings is 1. The fourth-order valence-electron chi connectivity index (χ4n) is 4.62. The summed E-state index contributed by atoms with van der Waals surface area (Å²) in [5.74, 6) is -0.177. The second kappa shape index (κ2) is 9.36. The first kappa shape index (κ1) is 22.4. The Kier molecular flexibility index (Phi) is 6.55. The molecular formula is C25H29N3O3S. The molecular weight excluding hydrogens is 422 g/mol. The molecule has 32 heavy (non-hydrogen) atoms. The Morgan fingerprint density at radius 2 is 2.09 bits per heavy atom. The van der Waals surface area contributed by atoms with Gasteiger partial charge in [0.05, 0.1) is 10.4 Å². The number of carbonyl (C=O) groups is 3. The molecule has 7 heteroatoms. The van der Waals surface area contributed by atoms with E-state index < -0.39 is 0 Å². The van der Waals surface area contributed by atoms with Crippen LogP contribution >= 0.6 is 11.8 Å². The van der Waals surface area contributed by atoms with E-state index >= 15 is 0 Å². The average Bonchev–Trinajstić information content (AvgIpc) is 3.26. The van der Waals surface area contributed by atoms with Crippen LogP contribution in [0.3, 0.4) is 0 Å². The summed E-state index contributed by atoms with van der Waals surface area (Å²) < 4.78 is 2.01. The van der Waals surface area contributed by atoms with Gasteiger partial charge in [0.2, 0.25) is 5.91 Å². The Hall–Kier alpha value is -2.80. The second-order valence-corrected chi connectivity index (χ2v) is 9.39. The van der Waals surface area contributed by atoms with Gasteiger partial charge in [0.25, 0.3) is 11.1 Å². The van der Waals surface area contributed by atoms with Crippen LogP contribution in [0.5, 0.6) is 0 Å². The molecule has 2 aliphatic heterocycles. The average molecular weight is 452 g/mol. The van der Waals surface area contributed by atoms with Crippen molar-refractivity contribution in [2.24, 2.45) is 0 Å². The first-order valence-corrected chi connectivity index (χ1v) is 12.0. The normalized spacial score (nSPS) is 20.6. The maximum atomic E-state index is 13.2. The van der Waals surface area contributed by atoms with E-state index in [0.29, 0.717) is 4.91 Å². The molecule has 3 heterocycles. The SMILES string of the molecule is C=CCN1C(=O)S/C(=C\c2cn(CC(=O)N3CCCC[C@@H]3C)c3c(CC)cccc23)C1=O. The highest BCUT2D eigenvalue weighted by Crippen LogP contribution is 2.35. The molecule has 0 unspecified atom stereocenters. The number of hydrogen-bond acceptors (Lipinski definition) is 4. The third-order valence-electron chi connectivity index (χ3n) is 6.29.